The molecule has 0 fully saturated rings. The molecule has 2 N–H and O–H groups in total. The van der Waals surface area contributed by atoms with Crippen molar-refractivity contribution in [2.45, 2.75) is 13.5 Å². The Morgan fingerprint density at radius 1 is 1.25 bits per heavy atom. The summed E-state index contributed by atoms with van der Waals surface area (Å²) in [5.41, 5.74) is 10.1. The number of hydrogen-bond donors (Lipinski definition) is 1. The number of hydrogen-bond acceptors (Lipinski definition) is 2. The first-order valence-electron chi connectivity index (χ1n) is 6.33. The van der Waals surface area contributed by atoms with Gasteiger partial charge < -0.3 is 10.6 Å². The summed E-state index contributed by atoms with van der Waals surface area (Å²) in [6, 6.07) is 14.1. The Hall–Kier alpha value is -1.58. The van der Waals surface area contributed by atoms with Crippen LogP contribution in [0.15, 0.2) is 42.5 Å². The molecule has 104 valence electrons. The third kappa shape index (κ3) is 3.50. The predicted octanol–water partition coefficient (Wildman–Crippen LogP) is 3.92. The van der Waals surface area contributed by atoms with Crippen molar-refractivity contribution in [2.75, 3.05) is 11.9 Å². The van der Waals surface area contributed by atoms with E-state index < -0.39 is 0 Å². The quantitative estimate of drug-likeness (QED) is 0.868. The summed E-state index contributed by atoms with van der Waals surface area (Å²) >= 11 is 11.1. The summed E-state index contributed by atoms with van der Waals surface area (Å²) in [6.07, 6.45) is 0. The van der Waals surface area contributed by atoms with Gasteiger partial charge in [-0.25, -0.2) is 0 Å². The molecule has 0 aliphatic rings. The van der Waals surface area contributed by atoms with Crippen molar-refractivity contribution in [3.63, 3.8) is 0 Å². The zero-order chi connectivity index (χ0) is 14.7. The normalized spacial score (nSPS) is 10.3. The molecule has 0 aliphatic heterocycles. The molecule has 2 nitrogen and oxygen atoms in total. The lowest BCUT2D eigenvalue weighted by atomic mass is 10.1. The van der Waals surface area contributed by atoms with Crippen LogP contribution < -0.4 is 10.6 Å². The van der Waals surface area contributed by atoms with Crippen LogP contribution in [0.4, 0.5) is 5.69 Å². The third-order valence-electron chi connectivity index (χ3n) is 3.14. The van der Waals surface area contributed by atoms with E-state index in [2.05, 4.69) is 36.1 Å². The molecule has 20 heavy (non-hydrogen) atoms. The van der Waals surface area contributed by atoms with Crippen LogP contribution in [-0.4, -0.2) is 12.0 Å². The lowest BCUT2D eigenvalue weighted by molar-refractivity contribution is 0.920. The van der Waals surface area contributed by atoms with E-state index in [1.165, 1.54) is 11.1 Å². The monoisotopic (exact) mass is 304 g/mol. The second-order valence-electron chi connectivity index (χ2n) is 4.87. The maximum atomic E-state index is 6.01. The van der Waals surface area contributed by atoms with Gasteiger partial charge in [-0.3, -0.25) is 0 Å². The topological polar surface area (TPSA) is 29.3 Å². The number of nitrogens with zero attached hydrogens (tertiary/aromatic N) is 1. The van der Waals surface area contributed by atoms with Gasteiger partial charge in [-0.2, -0.15) is 0 Å². The highest BCUT2D eigenvalue weighted by Crippen LogP contribution is 2.25. The number of thiocarbonyl (C=S) groups is 1. The van der Waals surface area contributed by atoms with E-state index in [-0.39, 0.29) is 0 Å². The van der Waals surface area contributed by atoms with Crippen molar-refractivity contribution in [3.8, 4) is 0 Å². The Balaban J connectivity index is 2.29. The SMILES string of the molecule is Cc1cccc(CN(C)c2ccc(Cl)cc2C(N)=S)c1. The van der Waals surface area contributed by atoms with Gasteiger partial charge in [-0.15, -0.1) is 0 Å². The molecule has 0 spiro atoms. The molecule has 0 radical (unpaired) electrons. The molecule has 0 aliphatic carbocycles. The maximum Gasteiger partial charge on any atom is 0.106 e. The van der Waals surface area contributed by atoms with Gasteiger partial charge >= 0.3 is 0 Å². The number of aryl methyl sites for hydroxylation is 1. The van der Waals surface area contributed by atoms with Crippen LogP contribution in [0.5, 0.6) is 0 Å². The molecular weight excluding hydrogens is 288 g/mol. The van der Waals surface area contributed by atoms with E-state index in [4.69, 9.17) is 29.6 Å². The lowest BCUT2D eigenvalue weighted by Crippen LogP contribution is -2.21. The highest BCUT2D eigenvalue weighted by molar-refractivity contribution is 7.80. The summed E-state index contributed by atoms with van der Waals surface area (Å²) in [4.78, 5) is 2.48. The second-order valence-corrected chi connectivity index (χ2v) is 5.75. The van der Waals surface area contributed by atoms with Crippen LogP contribution >= 0.6 is 23.8 Å². The van der Waals surface area contributed by atoms with Crippen LogP contribution in [0.3, 0.4) is 0 Å². The first-order chi connectivity index (χ1) is 9.47. The minimum atomic E-state index is 0.360. The number of benzene rings is 2. The number of nitrogens with two attached hydrogens (primary N) is 1. The van der Waals surface area contributed by atoms with Crippen molar-refractivity contribution >= 4 is 34.5 Å². The highest BCUT2D eigenvalue weighted by Gasteiger charge is 2.11. The van der Waals surface area contributed by atoms with Crippen molar-refractivity contribution in [1.82, 2.24) is 0 Å². The summed E-state index contributed by atoms with van der Waals surface area (Å²) in [5, 5.41) is 0.639. The third-order valence-corrected chi connectivity index (χ3v) is 3.59. The van der Waals surface area contributed by atoms with Gasteiger partial charge in [0.05, 0.1) is 0 Å². The standard InChI is InChI=1S/C16H17ClN2S/c1-11-4-3-5-12(8-11)10-19(2)15-7-6-13(17)9-14(15)16(18)20/h3-9H,10H2,1-2H3,(H2,18,20). The zero-order valence-corrected chi connectivity index (χ0v) is 13.1. The average molecular weight is 305 g/mol. The predicted molar refractivity (Wildman–Crippen MR) is 90.6 cm³/mol. The van der Waals surface area contributed by atoms with E-state index >= 15 is 0 Å². The van der Waals surface area contributed by atoms with E-state index in [9.17, 15) is 0 Å². The van der Waals surface area contributed by atoms with E-state index in [1.54, 1.807) is 0 Å². The first kappa shape index (κ1) is 14.8. The van der Waals surface area contributed by atoms with Gasteiger partial charge in [-0.05, 0) is 30.7 Å². The van der Waals surface area contributed by atoms with E-state index in [0.29, 0.717) is 10.0 Å². The van der Waals surface area contributed by atoms with Crippen LogP contribution in [-0.2, 0) is 6.54 Å². The van der Waals surface area contributed by atoms with Crippen LogP contribution in [0.2, 0.25) is 5.02 Å². The fourth-order valence-electron chi connectivity index (χ4n) is 2.21. The summed E-state index contributed by atoms with van der Waals surface area (Å²) in [6.45, 7) is 2.88. The number of rotatable bonds is 4. The van der Waals surface area contributed by atoms with Gasteiger partial charge in [0.15, 0.2) is 0 Å². The van der Waals surface area contributed by atoms with Gasteiger partial charge in [0.25, 0.3) is 0 Å². The second kappa shape index (κ2) is 6.25. The molecule has 4 heteroatoms. The Morgan fingerprint density at radius 3 is 2.65 bits per heavy atom. The number of halogens is 1. The first-order valence-corrected chi connectivity index (χ1v) is 7.12. The molecule has 0 atom stereocenters. The van der Waals surface area contributed by atoms with Gasteiger partial charge in [0.2, 0.25) is 0 Å². The average Bonchev–Trinajstić information content (AvgIpc) is 2.38. The van der Waals surface area contributed by atoms with Gasteiger partial charge in [-0.1, -0.05) is 53.6 Å². The largest absolute Gasteiger partial charge is 0.389 e. The minimum absolute atomic E-state index is 0.360. The molecule has 2 rings (SSSR count). The molecule has 2 aromatic carbocycles. The zero-order valence-electron chi connectivity index (χ0n) is 11.6. The molecule has 0 aromatic heterocycles. The number of anilines is 1. The molecule has 0 amide bonds. The van der Waals surface area contributed by atoms with Crippen LogP contribution in [0, 0.1) is 6.92 Å². The van der Waals surface area contributed by atoms with Crippen molar-refractivity contribution in [2.24, 2.45) is 5.73 Å². The minimum Gasteiger partial charge on any atom is -0.389 e. The molecule has 2 aromatic rings. The Morgan fingerprint density at radius 2 is 2.00 bits per heavy atom. The van der Waals surface area contributed by atoms with Crippen molar-refractivity contribution in [3.05, 3.63) is 64.2 Å². The highest BCUT2D eigenvalue weighted by atomic mass is 35.5. The molecule has 0 unspecified atom stereocenters. The van der Waals surface area contributed by atoms with Crippen molar-refractivity contribution in [1.29, 1.82) is 0 Å². The smallest absolute Gasteiger partial charge is 0.106 e. The molecule has 0 heterocycles. The molecule has 0 bridgehead atoms. The molecular formula is C16H17ClN2S. The fraction of sp³-hybridized carbons (Fsp3) is 0.188. The van der Waals surface area contributed by atoms with Gasteiger partial charge in [0.1, 0.15) is 4.99 Å². The van der Waals surface area contributed by atoms with Crippen molar-refractivity contribution < 1.29 is 0 Å². The van der Waals surface area contributed by atoms with E-state index in [0.717, 1.165) is 17.8 Å². The summed E-state index contributed by atoms with van der Waals surface area (Å²) < 4.78 is 0. The van der Waals surface area contributed by atoms with Crippen LogP contribution in [0.25, 0.3) is 0 Å². The molecule has 0 saturated heterocycles. The Labute approximate surface area is 130 Å². The summed E-state index contributed by atoms with van der Waals surface area (Å²) in [7, 11) is 2.02. The Kier molecular flexibility index (Phi) is 4.63. The van der Waals surface area contributed by atoms with Crippen LogP contribution in [0.1, 0.15) is 16.7 Å². The molecule has 0 saturated carbocycles. The van der Waals surface area contributed by atoms with E-state index in [1.807, 2.05) is 25.2 Å². The lowest BCUT2D eigenvalue weighted by Gasteiger charge is -2.22. The van der Waals surface area contributed by atoms with Gasteiger partial charge in [0, 0.05) is 29.9 Å². The fourth-order valence-corrected chi connectivity index (χ4v) is 2.54. The summed E-state index contributed by atoms with van der Waals surface area (Å²) in [5.74, 6) is 0. The Bertz CT molecular complexity index is 640. The maximum absolute atomic E-state index is 6.01.